The zero-order valence-electron chi connectivity index (χ0n) is 26.0. The van der Waals surface area contributed by atoms with Gasteiger partial charge in [-0.2, -0.15) is 0 Å². The fourth-order valence-electron chi connectivity index (χ4n) is 5.17. The number of amides is 2. The predicted octanol–water partition coefficient (Wildman–Crippen LogP) is 5.97. The zero-order chi connectivity index (χ0) is 31.9. The first-order valence-electron chi connectivity index (χ1n) is 14.8. The number of nitrogens with zero attached hydrogens (tertiary/aromatic N) is 2. The number of carbonyl (C=O) groups excluding carboxylic acids is 2. The van der Waals surface area contributed by atoms with E-state index in [4.69, 9.17) is 0 Å². The van der Waals surface area contributed by atoms with Crippen LogP contribution in [0.3, 0.4) is 0 Å². The Morgan fingerprint density at radius 3 is 1.86 bits per heavy atom. The number of benzene rings is 4. The maximum atomic E-state index is 14.5. The zero-order valence-corrected chi connectivity index (χ0v) is 26.8. The second-order valence-electron chi connectivity index (χ2n) is 11.5. The number of aryl methyl sites for hydroxylation is 3. The minimum atomic E-state index is -4.13. The number of nitrogens with one attached hydrogen (secondary N) is 1. The molecule has 1 N–H and O–H groups in total. The fraction of sp³-hybridized carbons (Fsp3) is 0.278. The van der Waals surface area contributed by atoms with Gasteiger partial charge in [-0.3, -0.25) is 13.9 Å². The van der Waals surface area contributed by atoms with Gasteiger partial charge in [0.2, 0.25) is 11.8 Å². The predicted molar refractivity (Wildman–Crippen MR) is 176 cm³/mol. The van der Waals surface area contributed by atoms with E-state index in [-0.39, 0.29) is 29.8 Å². The van der Waals surface area contributed by atoms with Crippen molar-refractivity contribution >= 4 is 27.5 Å². The molecule has 230 valence electrons. The molecule has 0 aliphatic carbocycles. The monoisotopic (exact) mass is 611 g/mol. The molecule has 4 rings (SSSR count). The first-order chi connectivity index (χ1) is 20.9. The van der Waals surface area contributed by atoms with E-state index in [1.807, 2.05) is 95.3 Å². The van der Waals surface area contributed by atoms with Crippen LogP contribution >= 0.6 is 0 Å². The third-order valence-electron chi connectivity index (χ3n) is 7.28. The standard InChI is InChI=1S/C36H41N3O4S/c1-26(2)37-36(41)34(23-30-12-8-6-9-13-30)38(24-31-18-16-27(3)17-19-31)35(40)25-39(32-21-28(4)20-29(5)22-32)44(42,43)33-14-10-7-11-15-33/h6-22,26,34H,23-25H2,1-5H3,(H,37,41). The van der Waals surface area contributed by atoms with Crippen molar-refractivity contribution in [3.8, 4) is 0 Å². The third-order valence-corrected chi connectivity index (χ3v) is 9.07. The lowest BCUT2D eigenvalue weighted by Gasteiger charge is -2.34. The number of hydrogen-bond acceptors (Lipinski definition) is 4. The fourth-order valence-corrected chi connectivity index (χ4v) is 6.59. The number of sulfonamides is 1. The van der Waals surface area contributed by atoms with E-state index in [0.29, 0.717) is 5.69 Å². The molecule has 0 fully saturated rings. The van der Waals surface area contributed by atoms with Crippen LogP contribution in [0.1, 0.15) is 41.7 Å². The smallest absolute Gasteiger partial charge is 0.264 e. The number of anilines is 1. The van der Waals surface area contributed by atoms with Crippen molar-refractivity contribution in [1.29, 1.82) is 0 Å². The van der Waals surface area contributed by atoms with E-state index >= 15 is 0 Å². The molecule has 0 saturated heterocycles. The molecule has 0 heterocycles. The number of hydrogen-bond donors (Lipinski definition) is 1. The summed E-state index contributed by atoms with van der Waals surface area (Å²) in [4.78, 5) is 29.9. The highest BCUT2D eigenvalue weighted by molar-refractivity contribution is 7.92. The highest BCUT2D eigenvalue weighted by Gasteiger charge is 2.35. The highest BCUT2D eigenvalue weighted by atomic mass is 32.2. The summed E-state index contributed by atoms with van der Waals surface area (Å²) in [6, 6.07) is 29.9. The molecule has 1 atom stereocenters. The minimum absolute atomic E-state index is 0.0791. The van der Waals surface area contributed by atoms with Crippen molar-refractivity contribution in [3.63, 3.8) is 0 Å². The molecule has 0 aliphatic rings. The molecule has 0 radical (unpaired) electrons. The van der Waals surface area contributed by atoms with Gasteiger partial charge >= 0.3 is 0 Å². The molecule has 0 bridgehead atoms. The van der Waals surface area contributed by atoms with E-state index < -0.39 is 28.5 Å². The molecule has 0 aliphatic heterocycles. The highest BCUT2D eigenvalue weighted by Crippen LogP contribution is 2.27. The summed E-state index contributed by atoms with van der Waals surface area (Å²) in [6.07, 6.45) is 0.270. The maximum Gasteiger partial charge on any atom is 0.264 e. The Morgan fingerprint density at radius 2 is 1.30 bits per heavy atom. The molecular weight excluding hydrogens is 570 g/mol. The first kappa shape index (κ1) is 32.5. The normalized spacial score (nSPS) is 12.0. The van der Waals surface area contributed by atoms with Crippen molar-refractivity contribution in [2.75, 3.05) is 10.8 Å². The summed E-state index contributed by atoms with van der Waals surface area (Å²) in [5.74, 6) is -0.780. The lowest BCUT2D eigenvalue weighted by molar-refractivity contribution is -0.140. The Morgan fingerprint density at radius 1 is 0.727 bits per heavy atom. The van der Waals surface area contributed by atoms with Gasteiger partial charge in [-0.1, -0.05) is 84.4 Å². The average molecular weight is 612 g/mol. The molecule has 8 heteroatoms. The molecule has 4 aromatic rings. The summed E-state index contributed by atoms with van der Waals surface area (Å²) in [5, 5.41) is 2.98. The Balaban J connectivity index is 1.82. The second kappa shape index (κ2) is 14.4. The molecular formula is C36H41N3O4S. The van der Waals surface area contributed by atoms with Crippen LogP contribution in [0.4, 0.5) is 5.69 Å². The minimum Gasteiger partial charge on any atom is -0.352 e. The van der Waals surface area contributed by atoms with Crippen LogP contribution < -0.4 is 9.62 Å². The van der Waals surface area contributed by atoms with Gasteiger partial charge in [-0.05, 0) is 81.1 Å². The Labute approximate surface area is 261 Å². The lowest BCUT2D eigenvalue weighted by atomic mass is 10.0. The lowest BCUT2D eigenvalue weighted by Crippen LogP contribution is -2.54. The topological polar surface area (TPSA) is 86.8 Å². The largest absolute Gasteiger partial charge is 0.352 e. The van der Waals surface area contributed by atoms with E-state index in [0.717, 1.165) is 32.1 Å². The van der Waals surface area contributed by atoms with Crippen LogP contribution in [0, 0.1) is 20.8 Å². The van der Waals surface area contributed by atoms with Gasteiger partial charge in [0, 0.05) is 19.0 Å². The van der Waals surface area contributed by atoms with Crippen molar-refractivity contribution in [1.82, 2.24) is 10.2 Å². The molecule has 0 spiro atoms. The molecule has 7 nitrogen and oxygen atoms in total. The van der Waals surface area contributed by atoms with E-state index in [2.05, 4.69) is 5.32 Å². The summed E-state index contributed by atoms with van der Waals surface area (Å²) >= 11 is 0. The average Bonchev–Trinajstić information content (AvgIpc) is 2.98. The van der Waals surface area contributed by atoms with E-state index in [9.17, 15) is 18.0 Å². The van der Waals surface area contributed by atoms with Crippen LogP contribution in [0.25, 0.3) is 0 Å². The first-order valence-corrected chi connectivity index (χ1v) is 16.2. The van der Waals surface area contributed by atoms with Crippen molar-refractivity contribution in [2.45, 2.75) is 64.6 Å². The van der Waals surface area contributed by atoms with Crippen LogP contribution in [0.2, 0.25) is 0 Å². The SMILES string of the molecule is Cc1ccc(CN(C(=O)CN(c2cc(C)cc(C)c2)S(=O)(=O)c2ccccc2)C(Cc2ccccc2)C(=O)NC(C)C)cc1. The Hall–Kier alpha value is -4.43. The second-order valence-corrected chi connectivity index (χ2v) is 13.4. The third kappa shape index (κ3) is 8.35. The maximum absolute atomic E-state index is 14.5. The molecule has 0 saturated carbocycles. The van der Waals surface area contributed by atoms with Gasteiger partial charge in [0.15, 0.2) is 0 Å². The summed E-state index contributed by atoms with van der Waals surface area (Å²) in [7, 11) is -4.13. The van der Waals surface area contributed by atoms with E-state index in [1.54, 1.807) is 30.3 Å². The molecule has 1 unspecified atom stereocenters. The summed E-state index contributed by atoms with van der Waals surface area (Å²) in [5.41, 5.74) is 4.93. The van der Waals surface area contributed by atoms with Crippen molar-refractivity contribution in [2.24, 2.45) is 0 Å². The van der Waals surface area contributed by atoms with Crippen LogP contribution in [0.5, 0.6) is 0 Å². The van der Waals surface area contributed by atoms with Gasteiger partial charge in [0.05, 0.1) is 10.6 Å². The summed E-state index contributed by atoms with van der Waals surface area (Å²) < 4.78 is 29.4. The summed E-state index contributed by atoms with van der Waals surface area (Å²) in [6.45, 7) is 9.16. The van der Waals surface area contributed by atoms with Crippen LogP contribution in [-0.4, -0.2) is 43.8 Å². The van der Waals surface area contributed by atoms with Gasteiger partial charge < -0.3 is 10.2 Å². The Kier molecular flexibility index (Phi) is 10.6. The van der Waals surface area contributed by atoms with Crippen molar-refractivity contribution < 1.29 is 18.0 Å². The van der Waals surface area contributed by atoms with Gasteiger partial charge in [-0.15, -0.1) is 0 Å². The molecule has 44 heavy (non-hydrogen) atoms. The van der Waals surface area contributed by atoms with Crippen LogP contribution in [0.15, 0.2) is 108 Å². The molecule has 4 aromatic carbocycles. The van der Waals surface area contributed by atoms with Gasteiger partial charge in [0.1, 0.15) is 12.6 Å². The Bertz CT molecular complexity index is 1650. The van der Waals surface area contributed by atoms with Gasteiger partial charge in [-0.25, -0.2) is 8.42 Å². The molecule has 2 amide bonds. The quantitative estimate of drug-likeness (QED) is 0.214. The number of rotatable bonds is 12. The number of carbonyl (C=O) groups is 2. The molecule has 0 aromatic heterocycles. The van der Waals surface area contributed by atoms with Crippen LogP contribution in [-0.2, 0) is 32.6 Å². The van der Waals surface area contributed by atoms with Gasteiger partial charge in [0.25, 0.3) is 10.0 Å². The van der Waals surface area contributed by atoms with E-state index in [1.165, 1.54) is 17.0 Å². The van der Waals surface area contributed by atoms with Crippen molar-refractivity contribution in [3.05, 3.63) is 131 Å².